The summed E-state index contributed by atoms with van der Waals surface area (Å²) >= 11 is 0. The van der Waals surface area contributed by atoms with Crippen molar-refractivity contribution in [3.8, 4) is 0 Å². The van der Waals surface area contributed by atoms with Crippen LogP contribution in [-0.4, -0.2) is 19.5 Å². The number of aromatic nitrogens is 4. The maximum atomic E-state index is 12.5. The standard InChI is InChI=1S/C17H15N5O/c1-10(11-6-3-2-4-7-11)22-15-13-12(8-5-9-19-13)20-16(18)14(15)21-17(22)23/h2-10H,1H3,(H2,18,20)(H,21,23). The Balaban J connectivity index is 2.11. The van der Waals surface area contributed by atoms with Crippen molar-refractivity contribution >= 4 is 27.9 Å². The van der Waals surface area contributed by atoms with E-state index in [9.17, 15) is 4.79 Å². The number of anilines is 1. The van der Waals surface area contributed by atoms with E-state index in [1.165, 1.54) is 0 Å². The Morgan fingerprint density at radius 1 is 1.17 bits per heavy atom. The monoisotopic (exact) mass is 305 g/mol. The van der Waals surface area contributed by atoms with E-state index in [-0.39, 0.29) is 11.7 Å². The topological polar surface area (TPSA) is 89.6 Å². The van der Waals surface area contributed by atoms with Crippen LogP contribution in [0, 0.1) is 0 Å². The lowest BCUT2D eigenvalue weighted by molar-refractivity contribution is 0.636. The van der Waals surface area contributed by atoms with Crippen LogP contribution in [0.15, 0.2) is 53.5 Å². The molecule has 1 aromatic carbocycles. The van der Waals surface area contributed by atoms with Crippen molar-refractivity contribution < 1.29 is 0 Å². The Hall–Kier alpha value is -3.15. The van der Waals surface area contributed by atoms with E-state index in [0.717, 1.165) is 5.56 Å². The zero-order valence-electron chi connectivity index (χ0n) is 12.5. The first-order valence-electron chi connectivity index (χ1n) is 7.36. The number of hydrogen-bond acceptors (Lipinski definition) is 4. The molecule has 4 aromatic rings. The first-order valence-corrected chi connectivity index (χ1v) is 7.36. The van der Waals surface area contributed by atoms with Gasteiger partial charge in [0.05, 0.1) is 11.6 Å². The predicted octanol–water partition coefficient (Wildman–Crippen LogP) is 2.46. The Bertz CT molecular complexity index is 1060. The maximum absolute atomic E-state index is 12.5. The lowest BCUT2D eigenvalue weighted by Crippen LogP contribution is -2.21. The van der Waals surface area contributed by atoms with Crippen molar-refractivity contribution in [2.24, 2.45) is 0 Å². The van der Waals surface area contributed by atoms with Crippen molar-refractivity contribution in [1.82, 2.24) is 19.5 Å². The summed E-state index contributed by atoms with van der Waals surface area (Å²) in [5, 5.41) is 0. The summed E-state index contributed by atoms with van der Waals surface area (Å²) in [7, 11) is 0. The molecule has 0 spiro atoms. The van der Waals surface area contributed by atoms with Crippen molar-refractivity contribution in [1.29, 1.82) is 0 Å². The van der Waals surface area contributed by atoms with E-state index in [0.29, 0.717) is 27.9 Å². The van der Waals surface area contributed by atoms with E-state index in [1.54, 1.807) is 16.8 Å². The fraction of sp³-hybridized carbons (Fsp3) is 0.118. The Kier molecular flexibility index (Phi) is 2.90. The van der Waals surface area contributed by atoms with Crippen LogP contribution < -0.4 is 11.4 Å². The van der Waals surface area contributed by atoms with E-state index in [4.69, 9.17) is 5.73 Å². The molecule has 6 nitrogen and oxygen atoms in total. The smallest absolute Gasteiger partial charge is 0.327 e. The molecule has 0 bridgehead atoms. The molecular formula is C17H15N5O. The third-order valence-corrected chi connectivity index (χ3v) is 4.11. The quantitative estimate of drug-likeness (QED) is 0.595. The first kappa shape index (κ1) is 13.5. The second kappa shape index (κ2) is 4.95. The second-order valence-corrected chi connectivity index (χ2v) is 5.48. The zero-order chi connectivity index (χ0) is 16.0. The number of nitrogens with two attached hydrogens (primary N) is 1. The van der Waals surface area contributed by atoms with Crippen molar-refractivity contribution in [2.75, 3.05) is 5.73 Å². The van der Waals surface area contributed by atoms with Gasteiger partial charge >= 0.3 is 5.69 Å². The predicted molar refractivity (Wildman–Crippen MR) is 90.3 cm³/mol. The highest BCUT2D eigenvalue weighted by molar-refractivity contribution is 6.04. The van der Waals surface area contributed by atoms with Gasteiger partial charge in [0.25, 0.3) is 0 Å². The molecule has 0 saturated carbocycles. The first-order chi connectivity index (χ1) is 11.2. The number of H-pyrrole nitrogens is 1. The Labute approximate surface area is 131 Å². The lowest BCUT2D eigenvalue weighted by Gasteiger charge is -2.14. The third kappa shape index (κ3) is 1.99. The highest BCUT2D eigenvalue weighted by atomic mass is 16.1. The van der Waals surface area contributed by atoms with Crippen LogP contribution in [0.2, 0.25) is 0 Å². The van der Waals surface area contributed by atoms with E-state index < -0.39 is 0 Å². The molecule has 0 aliphatic carbocycles. The molecule has 23 heavy (non-hydrogen) atoms. The molecule has 114 valence electrons. The molecule has 3 N–H and O–H groups in total. The van der Waals surface area contributed by atoms with Crippen LogP contribution >= 0.6 is 0 Å². The number of nitrogens with one attached hydrogen (secondary N) is 1. The average molecular weight is 305 g/mol. The van der Waals surface area contributed by atoms with Crippen LogP contribution in [0.3, 0.4) is 0 Å². The minimum atomic E-state index is -0.219. The molecule has 1 atom stereocenters. The van der Waals surface area contributed by atoms with Gasteiger partial charge in [-0.2, -0.15) is 0 Å². The molecule has 3 aromatic heterocycles. The molecule has 3 heterocycles. The molecule has 0 radical (unpaired) electrons. The molecule has 0 amide bonds. The number of imidazole rings is 1. The minimum Gasteiger partial charge on any atom is -0.382 e. The summed E-state index contributed by atoms with van der Waals surface area (Å²) in [6.45, 7) is 1.98. The molecule has 0 aliphatic rings. The number of rotatable bonds is 2. The summed E-state index contributed by atoms with van der Waals surface area (Å²) in [5.41, 5.74) is 9.40. The van der Waals surface area contributed by atoms with E-state index >= 15 is 0 Å². The van der Waals surface area contributed by atoms with Gasteiger partial charge in [-0.05, 0) is 24.6 Å². The van der Waals surface area contributed by atoms with Crippen LogP contribution in [0.1, 0.15) is 18.5 Å². The van der Waals surface area contributed by atoms with Crippen LogP contribution in [-0.2, 0) is 0 Å². The largest absolute Gasteiger partial charge is 0.382 e. The minimum absolute atomic E-state index is 0.149. The van der Waals surface area contributed by atoms with Crippen molar-refractivity contribution in [3.63, 3.8) is 0 Å². The highest BCUT2D eigenvalue weighted by Gasteiger charge is 2.19. The maximum Gasteiger partial charge on any atom is 0.327 e. The number of benzene rings is 1. The van der Waals surface area contributed by atoms with Crippen LogP contribution in [0.5, 0.6) is 0 Å². The van der Waals surface area contributed by atoms with Gasteiger partial charge in [0, 0.05) is 6.20 Å². The van der Waals surface area contributed by atoms with E-state index in [1.807, 2.05) is 43.3 Å². The molecule has 4 rings (SSSR count). The van der Waals surface area contributed by atoms with Crippen LogP contribution in [0.4, 0.5) is 5.82 Å². The molecule has 0 aliphatic heterocycles. The van der Waals surface area contributed by atoms with Gasteiger partial charge in [-0.15, -0.1) is 0 Å². The summed E-state index contributed by atoms with van der Waals surface area (Å²) in [5.74, 6) is 0.302. The highest BCUT2D eigenvalue weighted by Crippen LogP contribution is 2.28. The zero-order valence-corrected chi connectivity index (χ0v) is 12.5. The Morgan fingerprint density at radius 2 is 1.96 bits per heavy atom. The molecule has 1 unspecified atom stereocenters. The summed E-state index contributed by atoms with van der Waals surface area (Å²) in [4.78, 5) is 24.1. The fourth-order valence-electron chi connectivity index (χ4n) is 2.97. The van der Waals surface area contributed by atoms with Crippen molar-refractivity contribution in [2.45, 2.75) is 13.0 Å². The summed E-state index contributed by atoms with van der Waals surface area (Å²) < 4.78 is 1.69. The number of aromatic amines is 1. The Morgan fingerprint density at radius 3 is 2.74 bits per heavy atom. The van der Waals surface area contributed by atoms with Crippen molar-refractivity contribution in [3.05, 3.63) is 64.7 Å². The second-order valence-electron chi connectivity index (χ2n) is 5.48. The number of pyridine rings is 2. The van der Waals surface area contributed by atoms with Gasteiger partial charge < -0.3 is 10.7 Å². The van der Waals surface area contributed by atoms with Gasteiger partial charge in [-0.25, -0.2) is 9.78 Å². The summed E-state index contributed by atoms with van der Waals surface area (Å²) in [6.07, 6.45) is 1.69. The van der Waals surface area contributed by atoms with Gasteiger partial charge in [-0.1, -0.05) is 30.3 Å². The number of fused-ring (bicyclic) bond motifs is 3. The summed E-state index contributed by atoms with van der Waals surface area (Å²) in [6, 6.07) is 13.4. The molecule has 6 heteroatoms. The van der Waals surface area contributed by atoms with Gasteiger partial charge in [-0.3, -0.25) is 9.55 Å². The molecule has 0 fully saturated rings. The lowest BCUT2D eigenvalue weighted by atomic mass is 10.1. The number of hydrogen-bond donors (Lipinski definition) is 2. The van der Waals surface area contributed by atoms with Crippen LogP contribution in [0.25, 0.3) is 22.1 Å². The number of nitrogen functional groups attached to an aromatic ring is 1. The molecular weight excluding hydrogens is 290 g/mol. The normalized spacial score (nSPS) is 12.7. The SMILES string of the molecule is CC(c1ccccc1)n1c(=O)[nH]c2c(N)nc3cccnc3c21. The third-order valence-electron chi connectivity index (χ3n) is 4.11. The average Bonchev–Trinajstić information content (AvgIpc) is 2.93. The van der Waals surface area contributed by atoms with Gasteiger partial charge in [0.15, 0.2) is 0 Å². The fourth-order valence-corrected chi connectivity index (χ4v) is 2.97. The van der Waals surface area contributed by atoms with Gasteiger partial charge in [0.2, 0.25) is 0 Å². The van der Waals surface area contributed by atoms with Gasteiger partial charge in [0.1, 0.15) is 22.4 Å². The molecule has 0 saturated heterocycles. The van der Waals surface area contributed by atoms with E-state index in [2.05, 4.69) is 15.0 Å². The number of nitrogens with zero attached hydrogens (tertiary/aromatic N) is 3.